The minimum atomic E-state index is -0.0186. The van der Waals surface area contributed by atoms with E-state index in [1.54, 1.807) is 6.07 Å². The van der Waals surface area contributed by atoms with Crippen molar-refractivity contribution in [3.8, 4) is 11.1 Å². The lowest BCUT2D eigenvalue weighted by atomic mass is 9.84. The number of nitrogens with one attached hydrogen (secondary N) is 1. The van der Waals surface area contributed by atoms with Crippen LogP contribution in [-0.2, 0) is 0 Å². The van der Waals surface area contributed by atoms with Crippen LogP contribution in [0.15, 0.2) is 35.1 Å². The number of aromatic nitrogens is 1. The van der Waals surface area contributed by atoms with Gasteiger partial charge in [0.15, 0.2) is 0 Å². The van der Waals surface area contributed by atoms with Gasteiger partial charge in [0.1, 0.15) is 0 Å². The maximum atomic E-state index is 12.0. The number of rotatable bonds is 1. The van der Waals surface area contributed by atoms with E-state index in [1.807, 2.05) is 24.3 Å². The topological polar surface area (TPSA) is 62.1 Å². The monoisotopic (exact) mass is 267 g/mol. The fourth-order valence-electron chi connectivity index (χ4n) is 3.53. The Bertz CT molecular complexity index is 727. The second-order valence-corrected chi connectivity index (χ2v) is 5.70. The predicted molar refractivity (Wildman–Crippen MR) is 81.1 cm³/mol. The molecule has 3 N–H and O–H groups in total. The van der Waals surface area contributed by atoms with Crippen molar-refractivity contribution in [2.45, 2.75) is 18.8 Å². The summed E-state index contributed by atoms with van der Waals surface area (Å²) in [5.74, 6) is 0.503. The lowest BCUT2D eigenvalue weighted by molar-refractivity contribution is 0.463. The van der Waals surface area contributed by atoms with Crippen molar-refractivity contribution in [1.29, 1.82) is 0 Å². The van der Waals surface area contributed by atoms with Crippen LogP contribution >= 0.6 is 0 Å². The molecular weight excluding hydrogens is 250 g/mol. The van der Waals surface area contributed by atoms with Gasteiger partial charge in [0.05, 0.1) is 5.69 Å². The van der Waals surface area contributed by atoms with Crippen LogP contribution in [0.2, 0.25) is 0 Å². The molecule has 1 saturated heterocycles. The minimum absolute atomic E-state index is 0.0186. The van der Waals surface area contributed by atoms with Gasteiger partial charge < -0.3 is 15.6 Å². The maximum Gasteiger partial charge on any atom is 0.248 e. The van der Waals surface area contributed by atoms with E-state index >= 15 is 0 Å². The summed E-state index contributed by atoms with van der Waals surface area (Å²) in [6, 6.07) is 9.48. The predicted octanol–water partition coefficient (Wildman–Crippen LogP) is 2.32. The van der Waals surface area contributed by atoms with Crippen molar-refractivity contribution in [2.75, 3.05) is 23.7 Å². The Morgan fingerprint density at radius 3 is 2.75 bits per heavy atom. The number of benzene rings is 1. The van der Waals surface area contributed by atoms with E-state index in [2.05, 4.69) is 9.88 Å². The lowest BCUT2D eigenvalue weighted by Crippen LogP contribution is -2.40. The van der Waals surface area contributed by atoms with Crippen LogP contribution in [0.4, 0.5) is 11.4 Å². The van der Waals surface area contributed by atoms with E-state index in [9.17, 15) is 4.79 Å². The summed E-state index contributed by atoms with van der Waals surface area (Å²) in [6.45, 7) is 2.16. The molecule has 0 saturated carbocycles. The van der Waals surface area contributed by atoms with Crippen molar-refractivity contribution in [3.63, 3.8) is 0 Å². The molecule has 4 heterocycles. The molecule has 0 aliphatic carbocycles. The van der Waals surface area contributed by atoms with Gasteiger partial charge in [-0.1, -0.05) is 12.1 Å². The maximum absolute atomic E-state index is 12.0. The molecule has 4 heteroatoms. The van der Waals surface area contributed by atoms with Crippen LogP contribution in [0.5, 0.6) is 0 Å². The number of pyridine rings is 1. The highest BCUT2D eigenvalue weighted by atomic mass is 16.1. The summed E-state index contributed by atoms with van der Waals surface area (Å²) >= 11 is 0. The van der Waals surface area contributed by atoms with Gasteiger partial charge in [0.25, 0.3) is 0 Å². The molecule has 1 aromatic heterocycles. The largest absolute Gasteiger partial charge is 0.399 e. The van der Waals surface area contributed by atoms with Crippen LogP contribution in [0.1, 0.15) is 24.5 Å². The third-order valence-electron chi connectivity index (χ3n) is 4.46. The van der Waals surface area contributed by atoms with E-state index < -0.39 is 0 Å². The van der Waals surface area contributed by atoms with Gasteiger partial charge in [0.2, 0.25) is 5.56 Å². The molecule has 1 fully saturated rings. The number of piperidine rings is 1. The molecule has 0 spiro atoms. The van der Waals surface area contributed by atoms with Crippen LogP contribution in [-0.4, -0.2) is 18.1 Å². The zero-order valence-corrected chi connectivity index (χ0v) is 11.2. The number of fused-ring (bicyclic) bond motifs is 2. The van der Waals surface area contributed by atoms with E-state index in [0.29, 0.717) is 5.92 Å². The highest BCUT2D eigenvalue weighted by Gasteiger charge is 2.33. The molecule has 3 aliphatic rings. The SMILES string of the molecule is Nc1cccc(-c2cc(=O)[nH]c3c2N2CCC3CC2)c1. The smallest absolute Gasteiger partial charge is 0.248 e. The number of aromatic amines is 1. The number of nitrogens with two attached hydrogens (primary N) is 1. The summed E-state index contributed by atoms with van der Waals surface area (Å²) in [4.78, 5) is 17.4. The van der Waals surface area contributed by atoms with E-state index in [-0.39, 0.29) is 5.56 Å². The summed E-state index contributed by atoms with van der Waals surface area (Å²) in [5.41, 5.74) is 11.0. The molecule has 20 heavy (non-hydrogen) atoms. The third-order valence-corrected chi connectivity index (χ3v) is 4.46. The van der Waals surface area contributed by atoms with Crippen molar-refractivity contribution >= 4 is 11.4 Å². The highest BCUT2D eigenvalue weighted by molar-refractivity contribution is 5.82. The third kappa shape index (κ3) is 1.64. The molecule has 3 aliphatic heterocycles. The Labute approximate surface area is 117 Å². The first-order valence-electron chi connectivity index (χ1n) is 7.10. The molecular formula is C16H17N3O. The first kappa shape index (κ1) is 11.6. The standard InChI is InChI=1S/C16H17N3O/c17-12-3-1-2-11(8-12)13-9-14(20)18-15-10-4-6-19(7-5-10)16(13)15/h1-3,8-10H,4-7,17H2,(H,18,20). The summed E-state index contributed by atoms with van der Waals surface area (Å²) in [6.07, 6.45) is 2.28. The Morgan fingerprint density at radius 2 is 2.00 bits per heavy atom. The molecule has 0 radical (unpaired) electrons. The number of nitrogen functional groups attached to an aromatic ring is 1. The van der Waals surface area contributed by atoms with Crippen LogP contribution in [0, 0.1) is 0 Å². The van der Waals surface area contributed by atoms with Crippen molar-refractivity contribution in [3.05, 3.63) is 46.4 Å². The number of H-pyrrole nitrogens is 1. The first-order chi connectivity index (χ1) is 9.72. The molecule has 0 amide bonds. The summed E-state index contributed by atoms with van der Waals surface area (Å²) in [7, 11) is 0. The average Bonchev–Trinajstić information content (AvgIpc) is 2.47. The minimum Gasteiger partial charge on any atom is -0.399 e. The number of hydrogen-bond donors (Lipinski definition) is 2. The fraction of sp³-hybridized carbons (Fsp3) is 0.312. The van der Waals surface area contributed by atoms with Gasteiger partial charge in [-0.15, -0.1) is 0 Å². The van der Waals surface area contributed by atoms with Gasteiger partial charge in [-0.05, 0) is 30.5 Å². The number of anilines is 2. The van der Waals surface area contributed by atoms with Gasteiger partial charge in [-0.2, -0.15) is 0 Å². The molecule has 4 nitrogen and oxygen atoms in total. The van der Waals surface area contributed by atoms with Crippen molar-refractivity contribution < 1.29 is 0 Å². The zero-order valence-electron chi connectivity index (χ0n) is 11.2. The van der Waals surface area contributed by atoms with Crippen molar-refractivity contribution in [2.24, 2.45) is 0 Å². The zero-order chi connectivity index (χ0) is 13.7. The Kier molecular flexibility index (Phi) is 2.39. The number of nitrogens with zero attached hydrogens (tertiary/aromatic N) is 1. The summed E-state index contributed by atoms with van der Waals surface area (Å²) < 4.78 is 0. The Morgan fingerprint density at radius 1 is 1.20 bits per heavy atom. The van der Waals surface area contributed by atoms with Gasteiger partial charge in [-0.25, -0.2) is 0 Å². The molecule has 2 bridgehead atoms. The van der Waals surface area contributed by atoms with Crippen molar-refractivity contribution in [1.82, 2.24) is 4.98 Å². The molecule has 2 aromatic rings. The van der Waals surface area contributed by atoms with Gasteiger partial charge >= 0.3 is 0 Å². The van der Waals surface area contributed by atoms with E-state index in [4.69, 9.17) is 5.73 Å². The average molecular weight is 267 g/mol. The second-order valence-electron chi connectivity index (χ2n) is 5.70. The van der Waals surface area contributed by atoms with E-state index in [1.165, 1.54) is 5.69 Å². The number of hydrogen-bond acceptors (Lipinski definition) is 3. The second kappa shape index (κ2) is 4.13. The summed E-state index contributed by atoms with van der Waals surface area (Å²) in [5, 5.41) is 0. The van der Waals surface area contributed by atoms with Crippen LogP contribution < -0.4 is 16.2 Å². The molecule has 1 aromatic carbocycles. The molecule has 5 rings (SSSR count). The van der Waals surface area contributed by atoms with Crippen LogP contribution in [0.25, 0.3) is 11.1 Å². The molecule has 0 atom stereocenters. The molecule has 0 unspecified atom stereocenters. The Balaban J connectivity index is 1.99. The normalized spacial score (nSPS) is 17.3. The highest BCUT2D eigenvalue weighted by Crippen LogP contribution is 2.45. The first-order valence-corrected chi connectivity index (χ1v) is 7.10. The quantitative estimate of drug-likeness (QED) is 0.779. The van der Waals surface area contributed by atoms with E-state index in [0.717, 1.165) is 48.4 Å². The van der Waals surface area contributed by atoms with Gasteiger partial charge in [-0.3, -0.25) is 4.79 Å². The Hall–Kier alpha value is -2.23. The van der Waals surface area contributed by atoms with Crippen LogP contribution in [0.3, 0.4) is 0 Å². The van der Waals surface area contributed by atoms with Gasteiger partial charge in [0, 0.05) is 42.0 Å². The fourth-order valence-corrected chi connectivity index (χ4v) is 3.53. The lowest BCUT2D eigenvalue weighted by Gasteiger charge is -2.42. The molecule has 102 valence electrons.